The van der Waals surface area contributed by atoms with Gasteiger partial charge in [0, 0.05) is 6.08 Å². The van der Waals surface area contributed by atoms with E-state index in [9.17, 15) is 40.5 Å². The first-order valence-electron chi connectivity index (χ1n) is 13.5. The number of phenolic OH excluding ortho intramolecular Hbond substituents is 2. The number of carbonyl (C=O) groups is 1. The molecule has 14 nitrogen and oxygen atoms in total. The van der Waals surface area contributed by atoms with Crippen LogP contribution in [0, 0.1) is 0 Å². The van der Waals surface area contributed by atoms with Crippen LogP contribution >= 0.6 is 0 Å². The Balaban J connectivity index is 1.24. The van der Waals surface area contributed by atoms with Crippen LogP contribution in [0.2, 0.25) is 0 Å². The van der Waals surface area contributed by atoms with Gasteiger partial charge in [0.15, 0.2) is 29.7 Å². The van der Waals surface area contributed by atoms with Gasteiger partial charge in [0.25, 0.3) is 0 Å². The molecule has 2 aromatic rings. The molecule has 7 N–H and O–H groups in total. The third-order valence-corrected chi connectivity index (χ3v) is 7.09. The summed E-state index contributed by atoms with van der Waals surface area (Å²) in [5.74, 6) is -0.551. The summed E-state index contributed by atoms with van der Waals surface area (Å²) >= 11 is 0. The standard InChI is InChI=1S/C29H36O14/c1-38-20-12-17(4-8-19(20)31)5-9-22(32)41-14-29(37)15-42-28(26(29)36)40-13-21-23(33)24(34)25(35)27(43-21)39-11-10-16-2-6-18(30)7-3-16/h2-9,12,21,23-28,30-31,33-37H,10-11,13-15H2,1H3/t21-,23-,24+,25-,26+,27-,28-,29-/m1/s1. The zero-order chi connectivity index (χ0) is 31.1. The first-order valence-corrected chi connectivity index (χ1v) is 13.5. The summed E-state index contributed by atoms with van der Waals surface area (Å²) in [6, 6.07) is 10.9. The van der Waals surface area contributed by atoms with Gasteiger partial charge in [-0.2, -0.15) is 0 Å². The van der Waals surface area contributed by atoms with Crippen LogP contribution in [-0.4, -0.2) is 124 Å². The lowest BCUT2D eigenvalue weighted by Crippen LogP contribution is -2.59. The number of aliphatic hydroxyl groups is 5. The molecule has 14 heteroatoms. The number of phenols is 2. The Kier molecular flexibility index (Phi) is 10.9. The predicted molar refractivity (Wildman–Crippen MR) is 146 cm³/mol. The Morgan fingerprint density at radius 3 is 2.47 bits per heavy atom. The minimum absolute atomic E-state index is 0.0649. The molecule has 0 radical (unpaired) electrons. The second-order valence-corrected chi connectivity index (χ2v) is 10.2. The molecule has 0 bridgehead atoms. The van der Waals surface area contributed by atoms with E-state index in [-0.39, 0.29) is 23.9 Å². The molecule has 2 aliphatic rings. The Hall–Kier alpha value is -3.31. The summed E-state index contributed by atoms with van der Waals surface area (Å²) in [5.41, 5.74) is -0.613. The van der Waals surface area contributed by atoms with Crippen LogP contribution < -0.4 is 4.74 Å². The molecule has 0 amide bonds. The van der Waals surface area contributed by atoms with Crippen molar-refractivity contribution in [1.29, 1.82) is 0 Å². The predicted octanol–water partition coefficient (Wildman–Crippen LogP) is -0.805. The first-order chi connectivity index (χ1) is 20.5. The van der Waals surface area contributed by atoms with Gasteiger partial charge in [-0.05, 0) is 47.9 Å². The Morgan fingerprint density at radius 2 is 1.74 bits per heavy atom. The van der Waals surface area contributed by atoms with Gasteiger partial charge >= 0.3 is 5.97 Å². The molecular formula is C29H36O14. The van der Waals surface area contributed by atoms with Crippen LogP contribution in [0.3, 0.4) is 0 Å². The minimum atomic E-state index is -2.00. The molecule has 2 aliphatic heterocycles. The summed E-state index contributed by atoms with van der Waals surface area (Å²) in [4.78, 5) is 12.2. The highest BCUT2D eigenvalue weighted by molar-refractivity contribution is 5.87. The third-order valence-electron chi connectivity index (χ3n) is 7.09. The van der Waals surface area contributed by atoms with Gasteiger partial charge in [-0.1, -0.05) is 18.2 Å². The molecule has 0 spiro atoms. The van der Waals surface area contributed by atoms with Crippen molar-refractivity contribution in [3.05, 3.63) is 59.7 Å². The van der Waals surface area contributed by atoms with Crippen molar-refractivity contribution >= 4 is 12.0 Å². The SMILES string of the molecule is COc1cc(C=CC(=O)OC[C@@]2(O)CO[C@@H](OC[C@H]3O[C@@H](OCCc4ccc(O)cc4)[C@H](O)[C@@H](O)[C@@H]3O)[C@@H]2O)ccc1O. The van der Waals surface area contributed by atoms with E-state index in [2.05, 4.69) is 0 Å². The van der Waals surface area contributed by atoms with E-state index in [4.69, 9.17) is 28.4 Å². The fraction of sp³-hybridized carbons (Fsp3) is 0.483. The maximum Gasteiger partial charge on any atom is 0.330 e. The van der Waals surface area contributed by atoms with Gasteiger partial charge in [0.05, 0.1) is 26.9 Å². The van der Waals surface area contributed by atoms with Crippen LogP contribution in [-0.2, 0) is 34.9 Å². The molecular weight excluding hydrogens is 572 g/mol. The van der Waals surface area contributed by atoms with E-state index in [1.54, 1.807) is 18.2 Å². The maximum absolute atomic E-state index is 12.2. The number of benzene rings is 2. The largest absolute Gasteiger partial charge is 0.508 e. The number of carbonyl (C=O) groups excluding carboxylic acids is 1. The minimum Gasteiger partial charge on any atom is -0.508 e. The van der Waals surface area contributed by atoms with Crippen molar-refractivity contribution in [2.45, 2.75) is 55.1 Å². The summed E-state index contributed by atoms with van der Waals surface area (Å²) in [5, 5.41) is 71.4. The lowest BCUT2D eigenvalue weighted by Gasteiger charge is -2.40. The van der Waals surface area contributed by atoms with E-state index >= 15 is 0 Å². The number of methoxy groups -OCH3 is 1. The highest BCUT2D eigenvalue weighted by atomic mass is 16.7. The second-order valence-electron chi connectivity index (χ2n) is 10.2. The average molecular weight is 609 g/mol. The summed E-state index contributed by atoms with van der Waals surface area (Å²) in [6.07, 6.45) is -7.36. The quantitative estimate of drug-likeness (QED) is 0.116. The van der Waals surface area contributed by atoms with Gasteiger partial charge < -0.3 is 64.2 Å². The molecule has 2 heterocycles. The number of rotatable bonds is 12. The normalized spacial score (nSPS) is 30.9. The molecule has 2 aromatic carbocycles. The Bertz CT molecular complexity index is 1240. The van der Waals surface area contributed by atoms with Crippen molar-refractivity contribution in [3.63, 3.8) is 0 Å². The van der Waals surface area contributed by atoms with Crippen LogP contribution in [0.15, 0.2) is 48.5 Å². The van der Waals surface area contributed by atoms with Crippen molar-refractivity contribution in [1.82, 2.24) is 0 Å². The van der Waals surface area contributed by atoms with Crippen LogP contribution in [0.5, 0.6) is 17.2 Å². The molecule has 4 rings (SSSR count). The lowest BCUT2D eigenvalue weighted by molar-refractivity contribution is -0.309. The summed E-state index contributed by atoms with van der Waals surface area (Å²) in [6.45, 7) is -1.39. The third kappa shape index (κ3) is 8.20. The average Bonchev–Trinajstić information content (AvgIpc) is 3.29. The molecule has 0 aromatic heterocycles. The molecule has 43 heavy (non-hydrogen) atoms. The maximum atomic E-state index is 12.2. The molecule has 236 valence electrons. The molecule has 0 saturated carbocycles. The first kappa shape index (κ1) is 32.6. The molecule has 2 saturated heterocycles. The number of aliphatic hydroxyl groups excluding tert-OH is 4. The Morgan fingerprint density at radius 1 is 1.00 bits per heavy atom. The van der Waals surface area contributed by atoms with E-state index in [0.717, 1.165) is 11.6 Å². The number of aromatic hydroxyl groups is 2. The molecule has 2 fully saturated rings. The van der Waals surface area contributed by atoms with Gasteiger partial charge in [-0.15, -0.1) is 0 Å². The molecule has 0 aliphatic carbocycles. The Labute approximate surface area is 246 Å². The van der Waals surface area contributed by atoms with Crippen molar-refractivity contribution in [3.8, 4) is 17.2 Å². The van der Waals surface area contributed by atoms with Crippen LogP contribution in [0.4, 0.5) is 0 Å². The molecule has 0 unspecified atom stereocenters. The van der Waals surface area contributed by atoms with Crippen molar-refractivity contribution in [2.24, 2.45) is 0 Å². The lowest BCUT2D eigenvalue weighted by atomic mass is 9.99. The van der Waals surface area contributed by atoms with Crippen LogP contribution in [0.1, 0.15) is 11.1 Å². The van der Waals surface area contributed by atoms with Crippen molar-refractivity contribution in [2.75, 3.05) is 33.5 Å². The molecule has 8 atom stereocenters. The van der Waals surface area contributed by atoms with E-state index < -0.39 is 74.5 Å². The monoisotopic (exact) mass is 608 g/mol. The number of hydrogen-bond donors (Lipinski definition) is 7. The highest BCUT2D eigenvalue weighted by Crippen LogP contribution is 2.29. The second kappa shape index (κ2) is 14.4. The van der Waals surface area contributed by atoms with Gasteiger partial charge in [-0.3, -0.25) is 0 Å². The zero-order valence-electron chi connectivity index (χ0n) is 23.3. The van der Waals surface area contributed by atoms with E-state index in [1.165, 1.54) is 37.5 Å². The number of esters is 1. The summed E-state index contributed by atoms with van der Waals surface area (Å²) < 4.78 is 32.1. The smallest absolute Gasteiger partial charge is 0.330 e. The van der Waals surface area contributed by atoms with Gasteiger partial charge in [0.2, 0.25) is 0 Å². The van der Waals surface area contributed by atoms with Gasteiger partial charge in [-0.25, -0.2) is 4.79 Å². The van der Waals surface area contributed by atoms with Crippen molar-refractivity contribution < 1.29 is 69.0 Å². The zero-order valence-corrected chi connectivity index (χ0v) is 23.3. The fourth-order valence-electron chi connectivity index (χ4n) is 4.47. The highest BCUT2D eigenvalue weighted by Gasteiger charge is 2.51. The van der Waals surface area contributed by atoms with E-state index in [1.807, 2.05) is 0 Å². The van der Waals surface area contributed by atoms with Crippen LogP contribution in [0.25, 0.3) is 6.08 Å². The topological polar surface area (TPSA) is 214 Å². The number of hydrogen-bond acceptors (Lipinski definition) is 14. The van der Waals surface area contributed by atoms with E-state index in [0.29, 0.717) is 12.0 Å². The fourth-order valence-corrected chi connectivity index (χ4v) is 4.47. The van der Waals surface area contributed by atoms with Gasteiger partial charge in [0.1, 0.15) is 42.9 Å². The summed E-state index contributed by atoms with van der Waals surface area (Å²) in [7, 11) is 1.38. The number of ether oxygens (including phenoxy) is 6.